The van der Waals surface area contributed by atoms with Crippen LogP contribution in [0.15, 0.2) is 36.4 Å². The molecule has 1 unspecified atom stereocenters. The minimum Gasteiger partial charge on any atom is -0.390 e. The van der Waals surface area contributed by atoms with Crippen molar-refractivity contribution in [1.29, 1.82) is 0 Å². The van der Waals surface area contributed by atoms with E-state index < -0.39 is 23.8 Å². The number of fused-ring (bicyclic) bond motifs is 1. The third-order valence-electron chi connectivity index (χ3n) is 5.50. The summed E-state index contributed by atoms with van der Waals surface area (Å²) in [7, 11) is 0. The number of aliphatic hydroxyl groups excluding tert-OH is 1. The number of halogens is 2. The number of hydrogen-bond acceptors (Lipinski definition) is 3. The molecule has 0 radical (unpaired) electrons. The van der Waals surface area contributed by atoms with Crippen molar-refractivity contribution in [2.75, 3.05) is 6.54 Å². The summed E-state index contributed by atoms with van der Waals surface area (Å²) in [4.78, 5) is 11.6. The van der Waals surface area contributed by atoms with Gasteiger partial charge in [-0.2, -0.15) is 0 Å². The Kier molecular flexibility index (Phi) is 6.98. The van der Waals surface area contributed by atoms with E-state index in [0.717, 1.165) is 25.3 Å². The number of aliphatic hydroxyl groups is 1. The van der Waals surface area contributed by atoms with Crippen LogP contribution in [0.2, 0.25) is 0 Å². The first-order chi connectivity index (χ1) is 13.9. The number of amides is 1. The van der Waals surface area contributed by atoms with Gasteiger partial charge in [-0.3, -0.25) is 4.79 Å². The molecule has 1 amide bonds. The van der Waals surface area contributed by atoms with Crippen LogP contribution in [-0.2, 0) is 24.1 Å². The number of nitrogens with one attached hydrogen (secondary N) is 2. The number of benzene rings is 2. The van der Waals surface area contributed by atoms with E-state index in [1.165, 1.54) is 35.7 Å². The summed E-state index contributed by atoms with van der Waals surface area (Å²) >= 11 is 0. The second-order valence-electron chi connectivity index (χ2n) is 7.74. The molecule has 0 spiro atoms. The van der Waals surface area contributed by atoms with E-state index in [-0.39, 0.29) is 24.9 Å². The molecule has 1 aliphatic carbocycles. The predicted octanol–water partition coefficient (Wildman–Crippen LogP) is 3.21. The van der Waals surface area contributed by atoms with Gasteiger partial charge in [0.1, 0.15) is 11.6 Å². The van der Waals surface area contributed by atoms with Gasteiger partial charge in [-0.1, -0.05) is 25.1 Å². The fraction of sp³-hybridized carbons (Fsp3) is 0.435. The summed E-state index contributed by atoms with van der Waals surface area (Å²) in [5.74, 6) is -1.66. The fourth-order valence-corrected chi connectivity index (χ4v) is 4.02. The predicted molar refractivity (Wildman–Crippen MR) is 109 cm³/mol. The monoisotopic (exact) mass is 402 g/mol. The Balaban J connectivity index is 1.66. The lowest BCUT2D eigenvalue weighted by atomic mass is 9.99. The van der Waals surface area contributed by atoms with E-state index in [1.54, 1.807) is 0 Å². The molecule has 2 aromatic rings. The molecule has 0 fully saturated rings. The van der Waals surface area contributed by atoms with Crippen LogP contribution in [0.4, 0.5) is 8.78 Å². The van der Waals surface area contributed by atoms with Gasteiger partial charge in [0, 0.05) is 25.6 Å². The second kappa shape index (κ2) is 9.46. The Morgan fingerprint density at radius 3 is 2.55 bits per heavy atom. The van der Waals surface area contributed by atoms with Gasteiger partial charge in [-0.15, -0.1) is 0 Å². The topological polar surface area (TPSA) is 61.4 Å². The van der Waals surface area contributed by atoms with Crippen LogP contribution >= 0.6 is 0 Å². The van der Waals surface area contributed by atoms with Crippen molar-refractivity contribution in [3.63, 3.8) is 0 Å². The average molecular weight is 402 g/mol. The van der Waals surface area contributed by atoms with E-state index in [1.807, 2.05) is 0 Å². The van der Waals surface area contributed by atoms with Crippen molar-refractivity contribution in [2.45, 2.75) is 57.7 Å². The van der Waals surface area contributed by atoms with Crippen LogP contribution in [0, 0.1) is 11.6 Å². The number of hydrogen-bond donors (Lipinski definition) is 3. The lowest BCUT2D eigenvalue weighted by Gasteiger charge is -2.26. The van der Waals surface area contributed by atoms with Crippen molar-refractivity contribution in [3.05, 3.63) is 70.3 Å². The SMILES string of the molecule is CCc1ccc2c(c1)[C@@H](NC[C@@H](O)C(Cc1cc(F)cc(F)c1)NC(C)=O)CC2. The molecule has 6 heteroatoms. The van der Waals surface area contributed by atoms with Crippen LogP contribution in [-0.4, -0.2) is 29.7 Å². The Bertz CT molecular complexity index is 852. The minimum absolute atomic E-state index is 0.137. The molecule has 3 rings (SSSR count). The van der Waals surface area contributed by atoms with Gasteiger partial charge in [0.25, 0.3) is 0 Å². The molecule has 29 heavy (non-hydrogen) atoms. The summed E-state index contributed by atoms with van der Waals surface area (Å²) < 4.78 is 27.0. The molecule has 3 N–H and O–H groups in total. The van der Waals surface area contributed by atoms with Crippen molar-refractivity contribution in [1.82, 2.24) is 10.6 Å². The molecule has 2 aromatic carbocycles. The zero-order valence-electron chi connectivity index (χ0n) is 16.8. The number of rotatable bonds is 8. The van der Waals surface area contributed by atoms with Crippen molar-refractivity contribution < 1.29 is 18.7 Å². The van der Waals surface area contributed by atoms with Gasteiger partial charge < -0.3 is 15.7 Å². The number of carbonyl (C=O) groups excluding carboxylic acids is 1. The normalized spacial score (nSPS) is 17.6. The Morgan fingerprint density at radius 1 is 1.17 bits per heavy atom. The zero-order valence-corrected chi connectivity index (χ0v) is 16.8. The van der Waals surface area contributed by atoms with Gasteiger partial charge in [0.2, 0.25) is 5.91 Å². The van der Waals surface area contributed by atoms with Crippen LogP contribution in [0.5, 0.6) is 0 Å². The third kappa shape index (κ3) is 5.61. The van der Waals surface area contributed by atoms with Crippen molar-refractivity contribution >= 4 is 5.91 Å². The van der Waals surface area contributed by atoms with Crippen LogP contribution < -0.4 is 10.6 Å². The molecule has 4 nitrogen and oxygen atoms in total. The molecular formula is C23H28F2N2O2. The lowest BCUT2D eigenvalue weighted by Crippen LogP contribution is -2.48. The summed E-state index contributed by atoms with van der Waals surface area (Å²) in [5, 5.41) is 16.8. The lowest BCUT2D eigenvalue weighted by molar-refractivity contribution is -0.120. The van der Waals surface area contributed by atoms with Crippen molar-refractivity contribution in [3.8, 4) is 0 Å². The average Bonchev–Trinajstić information content (AvgIpc) is 3.06. The molecule has 0 saturated heterocycles. The highest BCUT2D eigenvalue weighted by Gasteiger charge is 2.26. The highest BCUT2D eigenvalue weighted by Crippen LogP contribution is 2.32. The molecule has 0 heterocycles. The summed E-state index contributed by atoms with van der Waals surface area (Å²) in [6.07, 6.45) is 2.15. The van der Waals surface area contributed by atoms with Crippen LogP contribution in [0.3, 0.4) is 0 Å². The van der Waals surface area contributed by atoms with E-state index in [2.05, 4.69) is 35.8 Å². The first-order valence-corrected chi connectivity index (χ1v) is 10.1. The van der Waals surface area contributed by atoms with Gasteiger partial charge in [-0.25, -0.2) is 8.78 Å². The molecule has 0 aromatic heterocycles. The number of aryl methyl sites for hydroxylation is 2. The first kappa shape index (κ1) is 21.4. The highest BCUT2D eigenvalue weighted by molar-refractivity contribution is 5.73. The highest BCUT2D eigenvalue weighted by atomic mass is 19.1. The molecule has 1 aliphatic rings. The summed E-state index contributed by atoms with van der Waals surface area (Å²) in [6.45, 7) is 3.75. The quantitative estimate of drug-likeness (QED) is 0.635. The minimum atomic E-state index is -0.899. The smallest absolute Gasteiger partial charge is 0.217 e. The fourth-order valence-electron chi connectivity index (χ4n) is 4.02. The molecule has 0 saturated carbocycles. The molecule has 0 aliphatic heterocycles. The molecule has 3 atom stereocenters. The maximum Gasteiger partial charge on any atom is 0.217 e. The summed E-state index contributed by atoms with van der Waals surface area (Å²) in [5.41, 5.74) is 4.25. The standard InChI is InChI=1S/C23H28F2N2O2/c1-3-15-4-5-17-6-7-21(20(17)10-15)26-13-23(29)22(27-14(2)28)11-16-8-18(24)12-19(25)9-16/h4-5,8-10,12,21-23,26,29H,3,6-7,11,13H2,1-2H3,(H,27,28)/t21-,22?,23+/m0/s1. The van der Waals surface area contributed by atoms with Crippen molar-refractivity contribution in [2.24, 2.45) is 0 Å². The van der Waals surface area contributed by atoms with Gasteiger partial charge in [-0.05, 0) is 60.1 Å². The van der Waals surface area contributed by atoms with E-state index in [9.17, 15) is 18.7 Å². The largest absolute Gasteiger partial charge is 0.390 e. The Morgan fingerprint density at radius 2 is 1.90 bits per heavy atom. The van der Waals surface area contributed by atoms with Gasteiger partial charge in [0.05, 0.1) is 12.1 Å². The van der Waals surface area contributed by atoms with E-state index in [4.69, 9.17) is 0 Å². The maximum absolute atomic E-state index is 13.5. The molecule has 0 bridgehead atoms. The Hall–Kier alpha value is -2.31. The zero-order chi connectivity index (χ0) is 21.0. The Labute approximate surface area is 170 Å². The maximum atomic E-state index is 13.5. The van der Waals surface area contributed by atoms with E-state index >= 15 is 0 Å². The van der Waals surface area contributed by atoms with Gasteiger partial charge >= 0.3 is 0 Å². The van der Waals surface area contributed by atoms with E-state index in [0.29, 0.717) is 5.56 Å². The second-order valence-corrected chi connectivity index (χ2v) is 7.74. The number of carbonyl (C=O) groups is 1. The summed E-state index contributed by atoms with van der Waals surface area (Å²) in [6, 6.07) is 9.28. The van der Waals surface area contributed by atoms with Crippen LogP contribution in [0.1, 0.15) is 48.6 Å². The van der Waals surface area contributed by atoms with Crippen LogP contribution in [0.25, 0.3) is 0 Å². The first-order valence-electron chi connectivity index (χ1n) is 10.1. The third-order valence-corrected chi connectivity index (χ3v) is 5.50. The molecule has 156 valence electrons. The van der Waals surface area contributed by atoms with Gasteiger partial charge in [0.15, 0.2) is 0 Å². The molecular weight excluding hydrogens is 374 g/mol.